The highest BCUT2D eigenvalue weighted by Gasteiger charge is 2.33. The molecular formula is C34H38Cl2N4O4. The number of ether oxygens (including phenoxy) is 1. The molecule has 1 aliphatic heterocycles. The second-order valence-corrected chi connectivity index (χ2v) is 12.6. The van der Waals surface area contributed by atoms with E-state index in [9.17, 15) is 14.7 Å². The summed E-state index contributed by atoms with van der Waals surface area (Å²) in [6.45, 7) is 5.33. The van der Waals surface area contributed by atoms with Gasteiger partial charge in [-0.3, -0.25) is 14.5 Å². The highest BCUT2D eigenvalue weighted by molar-refractivity contribution is 6.42. The lowest BCUT2D eigenvalue weighted by atomic mass is 9.99. The molecule has 3 aromatic carbocycles. The maximum Gasteiger partial charge on any atom is 0.258 e. The van der Waals surface area contributed by atoms with Crippen LogP contribution in [0, 0.1) is 5.92 Å². The van der Waals surface area contributed by atoms with E-state index in [2.05, 4.69) is 17.1 Å². The molecule has 2 N–H and O–H groups in total. The van der Waals surface area contributed by atoms with Crippen LogP contribution in [0.2, 0.25) is 10.0 Å². The van der Waals surface area contributed by atoms with Crippen LogP contribution in [-0.4, -0.2) is 70.2 Å². The Morgan fingerprint density at radius 1 is 1.14 bits per heavy atom. The smallest absolute Gasteiger partial charge is 0.258 e. The summed E-state index contributed by atoms with van der Waals surface area (Å²) in [5.41, 5.74) is 3.86. The number of carbonyl (C=O) groups is 2. The van der Waals surface area contributed by atoms with Gasteiger partial charge in [-0.05, 0) is 61.5 Å². The van der Waals surface area contributed by atoms with Crippen molar-refractivity contribution in [3.8, 4) is 5.75 Å². The Bertz CT molecular complexity index is 1670. The monoisotopic (exact) mass is 636 g/mol. The maximum absolute atomic E-state index is 13.8. The fraction of sp³-hybridized carbons (Fsp3) is 0.353. The minimum Gasteiger partial charge on any atom is -0.488 e. The van der Waals surface area contributed by atoms with E-state index in [0.717, 1.165) is 22.0 Å². The van der Waals surface area contributed by atoms with Crippen molar-refractivity contribution in [2.24, 2.45) is 13.0 Å². The number of hydrogen-bond acceptors (Lipinski definition) is 5. The fourth-order valence-electron chi connectivity index (χ4n) is 5.78. The average Bonchev–Trinajstić information content (AvgIpc) is 3.31. The number of aliphatic hydroxyl groups is 1. The van der Waals surface area contributed by atoms with E-state index >= 15 is 0 Å². The Hall–Kier alpha value is -3.56. The quantitative estimate of drug-likeness (QED) is 0.235. The van der Waals surface area contributed by atoms with Gasteiger partial charge < -0.3 is 24.6 Å². The van der Waals surface area contributed by atoms with Gasteiger partial charge in [-0.1, -0.05) is 54.4 Å². The molecule has 1 aliphatic rings. The van der Waals surface area contributed by atoms with Gasteiger partial charge in [-0.15, -0.1) is 0 Å². The Kier molecular flexibility index (Phi) is 9.85. The Morgan fingerprint density at radius 2 is 1.91 bits per heavy atom. The van der Waals surface area contributed by atoms with E-state index in [4.69, 9.17) is 27.9 Å². The number of fused-ring (bicyclic) bond motifs is 2. The first-order valence-corrected chi connectivity index (χ1v) is 15.5. The number of aryl methyl sites for hydroxylation is 1. The normalized spacial score (nSPS) is 17.6. The van der Waals surface area contributed by atoms with Crippen LogP contribution in [0.1, 0.15) is 35.3 Å². The van der Waals surface area contributed by atoms with Crippen LogP contribution in [0.15, 0.2) is 66.9 Å². The average molecular weight is 638 g/mol. The number of amides is 2. The molecule has 2 heterocycles. The zero-order valence-electron chi connectivity index (χ0n) is 25.4. The van der Waals surface area contributed by atoms with Crippen LogP contribution >= 0.6 is 23.2 Å². The zero-order chi connectivity index (χ0) is 31.5. The molecule has 2 amide bonds. The van der Waals surface area contributed by atoms with Gasteiger partial charge >= 0.3 is 0 Å². The molecule has 3 atom stereocenters. The van der Waals surface area contributed by atoms with E-state index in [0.29, 0.717) is 46.7 Å². The molecule has 5 rings (SSSR count). The molecule has 0 spiro atoms. The summed E-state index contributed by atoms with van der Waals surface area (Å²) < 4.78 is 8.53. The number of nitrogens with zero attached hydrogens (tertiary/aromatic N) is 3. The number of aliphatic hydroxyl groups excluding tert-OH is 1. The minimum absolute atomic E-state index is 0.0302. The predicted molar refractivity (Wildman–Crippen MR) is 176 cm³/mol. The van der Waals surface area contributed by atoms with Crippen molar-refractivity contribution >= 4 is 51.6 Å². The van der Waals surface area contributed by atoms with Gasteiger partial charge in [0.2, 0.25) is 5.91 Å². The molecule has 44 heavy (non-hydrogen) atoms. The molecule has 8 nitrogen and oxygen atoms in total. The number of likely N-dealkylation sites (N-methyl/N-ethyl adjacent to an activating group) is 1. The van der Waals surface area contributed by atoms with E-state index in [-0.39, 0.29) is 36.9 Å². The van der Waals surface area contributed by atoms with Crippen LogP contribution in [0.4, 0.5) is 5.69 Å². The summed E-state index contributed by atoms with van der Waals surface area (Å²) in [6.07, 6.45) is 1.91. The number of nitrogens with one attached hydrogen (secondary N) is 1. The molecule has 0 bridgehead atoms. The third kappa shape index (κ3) is 7.05. The summed E-state index contributed by atoms with van der Waals surface area (Å²) in [6, 6.07) is 18.3. The lowest BCUT2D eigenvalue weighted by Crippen LogP contribution is -2.49. The molecule has 0 saturated carbocycles. The Labute approximate surface area is 268 Å². The first-order valence-electron chi connectivity index (χ1n) is 14.7. The zero-order valence-corrected chi connectivity index (χ0v) is 26.9. The van der Waals surface area contributed by atoms with Crippen LogP contribution in [0.25, 0.3) is 10.9 Å². The standard InChI is InChI=1S/C34H38Cl2N4O4/c1-21-16-40(22(2)20-41)34(43)27-15-25(37-33(42)14-24-18-39(4)30-8-6-5-7-26(24)30)10-12-31(27)44-32(21)19-38(3)17-23-9-11-28(35)29(36)13-23/h5-13,15,18,21-22,32,41H,14,16-17,19-20H2,1-4H3,(H,37,42)/t21-,22-,32+/m0/s1. The fourth-order valence-corrected chi connectivity index (χ4v) is 6.10. The molecule has 0 radical (unpaired) electrons. The molecular weight excluding hydrogens is 599 g/mol. The number of aromatic nitrogens is 1. The van der Waals surface area contributed by atoms with Gasteiger partial charge in [0.05, 0.1) is 34.7 Å². The number of halogens is 2. The summed E-state index contributed by atoms with van der Waals surface area (Å²) in [5, 5.41) is 15.0. The Morgan fingerprint density at radius 3 is 2.66 bits per heavy atom. The predicted octanol–water partition coefficient (Wildman–Crippen LogP) is 6.02. The lowest BCUT2D eigenvalue weighted by Gasteiger charge is -2.38. The van der Waals surface area contributed by atoms with E-state index in [1.165, 1.54) is 0 Å². The van der Waals surface area contributed by atoms with Crippen molar-refractivity contribution in [1.29, 1.82) is 0 Å². The number of carbonyl (C=O) groups excluding carboxylic acids is 2. The molecule has 1 aromatic heterocycles. The van der Waals surface area contributed by atoms with Crippen molar-refractivity contribution in [2.75, 3.05) is 32.1 Å². The SMILES string of the molecule is C[C@H]1CN([C@@H](C)CO)C(=O)c2cc(NC(=O)Cc3cn(C)c4ccccc34)ccc2O[C@@H]1CN(C)Cc1ccc(Cl)c(Cl)c1. The van der Waals surface area contributed by atoms with E-state index < -0.39 is 6.04 Å². The third-order valence-corrected chi connectivity index (χ3v) is 8.95. The van der Waals surface area contributed by atoms with Gasteiger partial charge in [0.1, 0.15) is 11.9 Å². The van der Waals surface area contributed by atoms with Crippen molar-refractivity contribution in [2.45, 2.75) is 39.0 Å². The lowest BCUT2D eigenvalue weighted by molar-refractivity contribution is -0.115. The summed E-state index contributed by atoms with van der Waals surface area (Å²) >= 11 is 12.3. The van der Waals surface area contributed by atoms with E-state index in [1.807, 2.05) is 68.2 Å². The highest BCUT2D eigenvalue weighted by atomic mass is 35.5. The number of anilines is 1. The van der Waals surface area contributed by atoms with Crippen molar-refractivity contribution < 1.29 is 19.4 Å². The van der Waals surface area contributed by atoms with Gasteiger partial charge in [-0.2, -0.15) is 0 Å². The number of rotatable bonds is 9. The van der Waals surface area contributed by atoms with Crippen molar-refractivity contribution in [3.63, 3.8) is 0 Å². The van der Waals surface area contributed by atoms with Crippen molar-refractivity contribution in [3.05, 3.63) is 93.6 Å². The van der Waals surface area contributed by atoms with Crippen LogP contribution in [0.5, 0.6) is 5.75 Å². The van der Waals surface area contributed by atoms with Crippen molar-refractivity contribution in [1.82, 2.24) is 14.4 Å². The van der Waals surface area contributed by atoms with Gasteiger partial charge in [0, 0.05) is 55.4 Å². The summed E-state index contributed by atoms with van der Waals surface area (Å²) in [5.74, 6) is -0.0215. The highest BCUT2D eigenvalue weighted by Crippen LogP contribution is 2.31. The molecule has 0 saturated heterocycles. The van der Waals surface area contributed by atoms with Gasteiger partial charge in [-0.25, -0.2) is 0 Å². The molecule has 232 valence electrons. The topological polar surface area (TPSA) is 87.0 Å². The van der Waals surface area contributed by atoms with E-state index in [1.54, 1.807) is 29.2 Å². The number of hydrogen-bond donors (Lipinski definition) is 2. The second kappa shape index (κ2) is 13.6. The number of benzene rings is 3. The van der Waals surface area contributed by atoms with Gasteiger partial charge in [0.15, 0.2) is 0 Å². The summed E-state index contributed by atoms with van der Waals surface area (Å²) in [4.78, 5) is 30.8. The molecule has 0 aliphatic carbocycles. The second-order valence-electron chi connectivity index (χ2n) is 11.8. The Balaban J connectivity index is 1.37. The minimum atomic E-state index is -0.393. The molecule has 0 unspecified atom stereocenters. The largest absolute Gasteiger partial charge is 0.488 e. The van der Waals surface area contributed by atoms with Crippen LogP contribution in [-0.2, 0) is 24.8 Å². The molecule has 4 aromatic rings. The molecule has 0 fully saturated rings. The van der Waals surface area contributed by atoms with Gasteiger partial charge in [0.25, 0.3) is 5.91 Å². The van der Waals surface area contributed by atoms with Crippen LogP contribution < -0.4 is 10.1 Å². The third-order valence-electron chi connectivity index (χ3n) is 8.21. The molecule has 10 heteroatoms. The first-order chi connectivity index (χ1) is 21.0. The summed E-state index contributed by atoms with van der Waals surface area (Å²) in [7, 11) is 3.97. The number of para-hydroxylation sites is 1. The van der Waals surface area contributed by atoms with Crippen LogP contribution in [0.3, 0.4) is 0 Å². The first kappa shape index (κ1) is 31.9. The maximum atomic E-state index is 13.8.